The zero-order valence-electron chi connectivity index (χ0n) is 9.56. The Kier molecular flexibility index (Phi) is 7.09. The second-order valence-corrected chi connectivity index (χ2v) is 2.71. The van der Waals surface area contributed by atoms with Crippen molar-refractivity contribution in [1.29, 1.82) is 0 Å². The molecule has 0 aliphatic heterocycles. The molecule has 0 rings (SSSR count). The number of rotatable bonds is 7. The van der Waals surface area contributed by atoms with Crippen LogP contribution in [0.25, 0.3) is 0 Å². The van der Waals surface area contributed by atoms with Gasteiger partial charge in [0, 0.05) is 6.08 Å². The molecule has 0 heterocycles. The fraction of sp³-hybridized carbons (Fsp3) is 0.364. The van der Waals surface area contributed by atoms with Crippen LogP contribution in [0.15, 0.2) is 24.8 Å². The highest BCUT2D eigenvalue weighted by atomic mass is 16.6. The summed E-state index contributed by atoms with van der Waals surface area (Å²) in [7, 11) is 0. The predicted octanol–water partition coefficient (Wildman–Crippen LogP) is 0.378. The highest BCUT2D eigenvalue weighted by Crippen LogP contribution is 1.98. The molecule has 0 radical (unpaired) electrons. The van der Waals surface area contributed by atoms with Crippen LogP contribution < -0.4 is 0 Å². The van der Waals surface area contributed by atoms with Crippen LogP contribution >= 0.6 is 0 Å². The van der Waals surface area contributed by atoms with E-state index in [0.29, 0.717) is 0 Å². The first kappa shape index (κ1) is 14.9. The summed E-state index contributed by atoms with van der Waals surface area (Å²) in [6.45, 7) is 7.87. The molecule has 0 aliphatic carbocycles. The summed E-state index contributed by atoms with van der Waals surface area (Å²) in [5.41, 5.74) is -0.401. The molecule has 0 N–H and O–H groups in total. The van der Waals surface area contributed by atoms with Gasteiger partial charge in [-0.15, -0.1) is 0 Å². The van der Waals surface area contributed by atoms with Crippen molar-refractivity contribution >= 4 is 17.9 Å². The Morgan fingerprint density at radius 3 is 2.12 bits per heavy atom. The lowest BCUT2D eigenvalue weighted by Gasteiger charge is -2.06. The fourth-order valence-corrected chi connectivity index (χ4v) is 0.724. The zero-order chi connectivity index (χ0) is 13.3. The lowest BCUT2D eigenvalue weighted by molar-refractivity contribution is -0.150. The minimum Gasteiger partial charge on any atom is -0.462 e. The van der Waals surface area contributed by atoms with E-state index in [1.165, 1.54) is 0 Å². The van der Waals surface area contributed by atoms with Crippen LogP contribution in [-0.2, 0) is 28.6 Å². The van der Waals surface area contributed by atoms with E-state index in [-0.39, 0.29) is 19.8 Å². The average Bonchev–Trinajstić information content (AvgIpc) is 2.33. The molecule has 0 atom stereocenters. The van der Waals surface area contributed by atoms with E-state index in [9.17, 15) is 14.4 Å². The molecule has 0 aromatic heterocycles. The van der Waals surface area contributed by atoms with Gasteiger partial charge >= 0.3 is 17.9 Å². The molecule has 0 bridgehead atoms. The summed E-state index contributed by atoms with van der Waals surface area (Å²) < 4.78 is 13.7. The van der Waals surface area contributed by atoms with Crippen molar-refractivity contribution in [3.63, 3.8) is 0 Å². The Hall–Kier alpha value is -2.11. The van der Waals surface area contributed by atoms with E-state index >= 15 is 0 Å². The summed E-state index contributed by atoms with van der Waals surface area (Å²) in [4.78, 5) is 32.9. The fourth-order valence-electron chi connectivity index (χ4n) is 0.724. The van der Waals surface area contributed by atoms with Crippen molar-refractivity contribution in [2.24, 2.45) is 0 Å². The predicted molar refractivity (Wildman–Crippen MR) is 57.9 cm³/mol. The Balaban J connectivity index is 3.86. The SMILES string of the molecule is C=CC(=O)OCCOC(=O)C(=C)C(=O)OCC. The van der Waals surface area contributed by atoms with Crippen molar-refractivity contribution in [2.45, 2.75) is 6.92 Å². The Morgan fingerprint density at radius 2 is 1.59 bits per heavy atom. The highest BCUT2D eigenvalue weighted by molar-refractivity contribution is 6.13. The van der Waals surface area contributed by atoms with Gasteiger partial charge < -0.3 is 14.2 Å². The number of carbonyl (C=O) groups excluding carboxylic acids is 3. The highest BCUT2D eigenvalue weighted by Gasteiger charge is 2.18. The third-order valence-electron chi connectivity index (χ3n) is 1.50. The summed E-state index contributed by atoms with van der Waals surface area (Å²) in [5, 5.41) is 0. The monoisotopic (exact) mass is 242 g/mol. The number of hydrogen-bond donors (Lipinski definition) is 0. The van der Waals surface area contributed by atoms with Crippen LogP contribution in [0.4, 0.5) is 0 Å². The van der Waals surface area contributed by atoms with Crippen molar-refractivity contribution in [1.82, 2.24) is 0 Å². The minimum atomic E-state index is -0.905. The Labute approximate surface area is 98.8 Å². The van der Waals surface area contributed by atoms with E-state index in [0.717, 1.165) is 6.08 Å². The molecule has 17 heavy (non-hydrogen) atoms. The molecule has 0 spiro atoms. The zero-order valence-corrected chi connectivity index (χ0v) is 9.56. The first-order valence-electron chi connectivity index (χ1n) is 4.85. The molecule has 0 fully saturated rings. The van der Waals surface area contributed by atoms with E-state index in [4.69, 9.17) is 0 Å². The minimum absolute atomic E-state index is 0.118. The molecular weight excluding hydrogens is 228 g/mol. The molecule has 0 aliphatic rings. The molecule has 0 aromatic carbocycles. The van der Waals surface area contributed by atoms with Crippen LogP contribution in [0, 0.1) is 0 Å². The Bertz CT molecular complexity index is 331. The largest absolute Gasteiger partial charge is 0.462 e. The number of esters is 3. The van der Waals surface area contributed by atoms with Gasteiger partial charge in [-0.05, 0) is 6.92 Å². The van der Waals surface area contributed by atoms with Gasteiger partial charge in [0.25, 0.3) is 0 Å². The van der Waals surface area contributed by atoms with Gasteiger partial charge in [0.1, 0.15) is 18.8 Å². The third-order valence-corrected chi connectivity index (χ3v) is 1.50. The maximum atomic E-state index is 11.2. The summed E-state index contributed by atoms with van der Waals surface area (Å²) >= 11 is 0. The molecular formula is C11H14O6. The van der Waals surface area contributed by atoms with Crippen LogP contribution in [0.3, 0.4) is 0 Å². The van der Waals surface area contributed by atoms with Gasteiger partial charge in [-0.2, -0.15) is 0 Å². The van der Waals surface area contributed by atoms with E-state index in [1.807, 2.05) is 0 Å². The number of ether oxygens (including phenoxy) is 3. The second kappa shape index (κ2) is 8.09. The molecule has 0 amide bonds. The van der Waals surface area contributed by atoms with Gasteiger partial charge in [-0.3, -0.25) is 0 Å². The van der Waals surface area contributed by atoms with Crippen LogP contribution in [-0.4, -0.2) is 37.7 Å². The number of hydrogen-bond acceptors (Lipinski definition) is 6. The maximum absolute atomic E-state index is 11.2. The van der Waals surface area contributed by atoms with E-state index < -0.39 is 23.5 Å². The van der Waals surface area contributed by atoms with E-state index in [1.54, 1.807) is 6.92 Å². The molecule has 0 aromatic rings. The first-order valence-corrected chi connectivity index (χ1v) is 4.85. The van der Waals surface area contributed by atoms with Gasteiger partial charge in [0.15, 0.2) is 0 Å². The van der Waals surface area contributed by atoms with Crippen LogP contribution in [0.1, 0.15) is 6.92 Å². The van der Waals surface area contributed by atoms with Gasteiger partial charge in [0.2, 0.25) is 0 Å². The van der Waals surface area contributed by atoms with E-state index in [2.05, 4.69) is 27.4 Å². The molecule has 6 nitrogen and oxygen atoms in total. The standard InChI is InChI=1S/C11H14O6/c1-4-9(12)16-6-7-17-11(14)8(3)10(13)15-5-2/h4H,1,3,5-7H2,2H3. The Morgan fingerprint density at radius 1 is 1.06 bits per heavy atom. The summed E-state index contributed by atoms with van der Waals surface area (Å²) in [6.07, 6.45) is 0.985. The maximum Gasteiger partial charge on any atom is 0.345 e. The summed E-state index contributed by atoms with van der Waals surface area (Å²) in [6, 6.07) is 0. The smallest absolute Gasteiger partial charge is 0.345 e. The average molecular weight is 242 g/mol. The normalized spacial score (nSPS) is 9.00. The second-order valence-electron chi connectivity index (χ2n) is 2.71. The van der Waals surface area contributed by atoms with Gasteiger partial charge in [-0.1, -0.05) is 13.2 Å². The quantitative estimate of drug-likeness (QED) is 0.160. The lowest BCUT2D eigenvalue weighted by atomic mass is 10.3. The third kappa shape index (κ3) is 6.14. The van der Waals surface area contributed by atoms with Crippen molar-refractivity contribution in [3.8, 4) is 0 Å². The van der Waals surface area contributed by atoms with Crippen molar-refractivity contribution in [3.05, 3.63) is 24.8 Å². The summed E-state index contributed by atoms with van der Waals surface area (Å²) in [5.74, 6) is -2.36. The van der Waals surface area contributed by atoms with Crippen molar-refractivity contribution < 1.29 is 28.6 Å². The first-order chi connectivity index (χ1) is 8.02. The van der Waals surface area contributed by atoms with Gasteiger partial charge in [0.05, 0.1) is 6.61 Å². The van der Waals surface area contributed by atoms with Crippen LogP contribution in [0.2, 0.25) is 0 Å². The topological polar surface area (TPSA) is 78.9 Å². The molecule has 0 unspecified atom stereocenters. The molecule has 0 saturated carbocycles. The molecule has 0 saturated heterocycles. The number of carbonyl (C=O) groups is 3. The van der Waals surface area contributed by atoms with Crippen LogP contribution in [0.5, 0.6) is 0 Å². The molecule has 94 valence electrons. The van der Waals surface area contributed by atoms with Crippen molar-refractivity contribution in [2.75, 3.05) is 19.8 Å². The molecule has 6 heteroatoms. The van der Waals surface area contributed by atoms with Gasteiger partial charge in [-0.25, -0.2) is 14.4 Å². The lowest BCUT2D eigenvalue weighted by Crippen LogP contribution is -2.19.